The number of aryl methyl sites for hydroxylation is 2. The number of ketones is 1. The number of amides is 1. The summed E-state index contributed by atoms with van der Waals surface area (Å²) < 4.78 is 4.21. The van der Waals surface area contributed by atoms with Gasteiger partial charge in [0.05, 0.1) is 5.25 Å². The van der Waals surface area contributed by atoms with Gasteiger partial charge in [-0.2, -0.15) is 0 Å². The lowest BCUT2D eigenvalue weighted by Gasteiger charge is -2.13. The summed E-state index contributed by atoms with van der Waals surface area (Å²) >= 11 is 1.41. The van der Waals surface area contributed by atoms with Gasteiger partial charge < -0.3 is 14.5 Å². The van der Waals surface area contributed by atoms with Crippen molar-refractivity contribution in [3.63, 3.8) is 0 Å². The molecule has 0 fully saturated rings. The number of rotatable bonds is 12. The molecule has 0 spiro atoms. The van der Waals surface area contributed by atoms with Gasteiger partial charge in [-0.05, 0) is 45.4 Å². The number of Topliss-reactive ketones (excluding diaryl/α,β-unsaturated/α-hetero) is 1. The van der Waals surface area contributed by atoms with E-state index in [0.29, 0.717) is 30.2 Å². The molecule has 198 valence electrons. The van der Waals surface area contributed by atoms with E-state index in [1.807, 2.05) is 61.7 Å². The van der Waals surface area contributed by atoms with Gasteiger partial charge in [0, 0.05) is 53.8 Å². The second-order valence-corrected chi connectivity index (χ2v) is 10.7. The van der Waals surface area contributed by atoms with E-state index in [1.165, 1.54) is 11.8 Å². The van der Waals surface area contributed by atoms with E-state index in [4.69, 9.17) is 0 Å². The number of hydrogen-bond donors (Lipinski definition) is 1. The number of thioether (sulfide) groups is 1. The minimum atomic E-state index is -0.351. The van der Waals surface area contributed by atoms with E-state index in [2.05, 4.69) is 39.7 Å². The SMILES string of the molecule is C=CCn1c(CCNC(=O)c2cccc(C)c2)nnc1SC(C)C(=O)c1c(C)n(CCC)c2ccccc12. The fraction of sp³-hybridized carbons (Fsp3) is 0.333. The molecule has 0 saturated carbocycles. The number of aromatic nitrogens is 4. The van der Waals surface area contributed by atoms with Crippen molar-refractivity contribution in [2.24, 2.45) is 0 Å². The second kappa shape index (κ2) is 12.3. The van der Waals surface area contributed by atoms with Gasteiger partial charge in [0.2, 0.25) is 0 Å². The zero-order chi connectivity index (χ0) is 27.2. The van der Waals surface area contributed by atoms with E-state index in [1.54, 1.807) is 12.1 Å². The zero-order valence-corrected chi connectivity index (χ0v) is 23.3. The predicted octanol–water partition coefficient (Wildman–Crippen LogP) is 5.78. The Labute approximate surface area is 228 Å². The lowest BCUT2D eigenvalue weighted by atomic mass is 10.0. The number of allylic oxidation sites excluding steroid dienone is 1. The average molecular weight is 530 g/mol. The van der Waals surface area contributed by atoms with Crippen LogP contribution in [-0.2, 0) is 19.5 Å². The largest absolute Gasteiger partial charge is 0.352 e. The Hall–Kier alpha value is -3.65. The van der Waals surface area contributed by atoms with Crippen LogP contribution in [0.2, 0.25) is 0 Å². The van der Waals surface area contributed by atoms with E-state index in [0.717, 1.165) is 46.5 Å². The third kappa shape index (κ3) is 5.75. The van der Waals surface area contributed by atoms with E-state index in [9.17, 15) is 9.59 Å². The maximum atomic E-state index is 13.7. The first-order valence-electron chi connectivity index (χ1n) is 13.0. The van der Waals surface area contributed by atoms with Crippen LogP contribution < -0.4 is 5.32 Å². The fourth-order valence-corrected chi connectivity index (χ4v) is 5.68. The number of hydrogen-bond acceptors (Lipinski definition) is 5. The van der Waals surface area contributed by atoms with Crippen LogP contribution in [0.5, 0.6) is 0 Å². The van der Waals surface area contributed by atoms with Crippen molar-refractivity contribution in [3.05, 3.63) is 89.4 Å². The number of benzene rings is 2. The molecule has 1 atom stereocenters. The lowest BCUT2D eigenvalue weighted by Crippen LogP contribution is -2.26. The molecule has 4 rings (SSSR count). The Morgan fingerprint density at radius 2 is 1.89 bits per heavy atom. The minimum Gasteiger partial charge on any atom is -0.352 e. The summed E-state index contributed by atoms with van der Waals surface area (Å²) in [6.07, 6.45) is 3.30. The summed E-state index contributed by atoms with van der Waals surface area (Å²) in [5, 5.41) is 13.0. The highest BCUT2D eigenvalue weighted by molar-refractivity contribution is 8.00. The van der Waals surface area contributed by atoms with Gasteiger partial charge in [0.25, 0.3) is 5.91 Å². The molecule has 0 bridgehead atoms. The standard InChI is InChI=1S/C30H35N5O2S/c1-6-17-34-21(4)27(24-13-8-9-14-25(24)34)28(36)22(5)38-30-33-32-26(35(30)18-7-2)15-16-31-29(37)23-12-10-11-20(3)19-23/h7-14,19,22H,2,6,15-18H2,1,3-5H3,(H,31,37). The highest BCUT2D eigenvalue weighted by Gasteiger charge is 2.26. The molecule has 8 heteroatoms. The first kappa shape index (κ1) is 27.4. The Kier molecular flexibility index (Phi) is 8.84. The first-order chi connectivity index (χ1) is 18.3. The van der Waals surface area contributed by atoms with E-state index in [-0.39, 0.29) is 16.9 Å². The van der Waals surface area contributed by atoms with Crippen molar-refractivity contribution < 1.29 is 9.59 Å². The summed E-state index contributed by atoms with van der Waals surface area (Å²) in [7, 11) is 0. The number of fused-ring (bicyclic) bond motifs is 1. The summed E-state index contributed by atoms with van der Waals surface area (Å²) in [4.78, 5) is 26.2. The number of carbonyl (C=O) groups is 2. The monoisotopic (exact) mass is 529 g/mol. The number of para-hydroxylation sites is 1. The number of nitrogens with zero attached hydrogens (tertiary/aromatic N) is 4. The predicted molar refractivity (Wildman–Crippen MR) is 154 cm³/mol. The first-order valence-corrected chi connectivity index (χ1v) is 13.9. The van der Waals surface area contributed by atoms with Crippen molar-refractivity contribution in [1.29, 1.82) is 0 Å². The van der Waals surface area contributed by atoms with Crippen LogP contribution >= 0.6 is 11.8 Å². The number of carbonyl (C=O) groups excluding carboxylic acids is 2. The van der Waals surface area contributed by atoms with Crippen molar-refractivity contribution in [2.75, 3.05) is 6.54 Å². The molecule has 4 aromatic rings. The highest BCUT2D eigenvalue weighted by Crippen LogP contribution is 2.31. The van der Waals surface area contributed by atoms with Gasteiger partial charge in [-0.1, -0.05) is 60.7 Å². The van der Waals surface area contributed by atoms with Gasteiger partial charge in [-0.25, -0.2) is 0 Å². The molecule has 0 aliphatic rings. The normalized spacial score (nSPS) is 12.0. The Morgan fingerprint density at radius 3 is 2.63 bits per heavy atom. The van der Waals surface area contributed by atoms with Crippen LogP contribution in [0, 0.1) is 13.8 Å². The Bertz CT molecular complexity index is 1470. The van der Waals surface area contributed by atoms with Crippen molar-refractivity contribution >= 4 is 34.4 Å². The van der Waals surface area contributed by atoms with Crippen LogP contribution in [0.1, 0.15) is 58.1 Å². The molecule has 1 unspecified atom stereocenters. The molecule has 0 aliphatic heterocycles. The molecule has 7 nitrogen and oxygen atoms in total. The smallest absolute Gasteiger partial charge is 0.251 e. The van der Waals surface area contributed by atoms with Crippen LogP contribution in [0.15, 0.2) is 66.3 Å². The maximum absolute atomic E-state index is 13.7. The molecular weight excluding hydrogens is 494 g/mol. The van der Waals surface area contributed by atoms with Gasteiger partial charge in [0.1, 0.15) is 5.82 Å². The minimum absolute atomic E-state index is 0.0821. The molecule has 2 aromatic heterocycles. The molecule has 2 aromatic carbocycles. The quantitative estimate of drug-likeness (QED) is 0.143. The molecule has 1 amide bonds. The van der Waals surface area contributed by atoms with Crippen LogP contribution in [-0.4, -0.2) is 42.8 Å². The molecular formula is C30H35N5O2S. The van der Waals surface area contributed by atoms with Crippen molar-refractivity contribution in [3.8, 4) is 0 Å². The average Bonchev–Trinajstić information content (AvgIpc) is 3.41. The summed E-state index contributed by atoms with van der Waals surface area (Å²) in [5.74, 6) is 0.709. The molecule has 38 heavy (non-hydrogen) atoms. The molecule has 0 aliphatic carbocycles. The molecule has 0 radical (unpaired) electrons. The fourth-order valence-electron chi connectivity index (χ4n) is 4.75. The second-order valence-electron chi connectivity index (χ2n) is 9.43. The maximum Gasteiger partial charge on any atom is 0.251 e. The Balaban J connectivity index is 1.49. The zero-order valence-electron chi connectivity index (χ0n) is 22.5. The van der Waals surface area contributed by atoms with Crippen molar-refractivity contribution in [1.82, 2.24) is 24.6 Å². The third-order valence-corrected chi connectivity index (χ3v) is 7.68. The van der Waals surface area contributed by atoms with Crippen LogP contribution in [0.4, 0.5) is 0 Å². The number of nitrogens with one attached hydrogen (secondary N) is 1. The highest BCUT2D eigenvalue weighted by atomic mass is 32.2. The topological polar surface area (TPSA) is 81.8 Å². The van der Waals surface area contributed by atoms with E-state index < -0.39 is 0 Å². The van der Waals surface area contributed by atoms with Gasteiger partial charge in [0.15, 0.2) is 10.9 Å². The van der Waals surface area contributed by atoms with Gasteiger partial charge in [-0.15, -0.1) is 16.8 Å². The summed E-state index contributed by atoms with van der Waals surface area (Å²) in [6.45, 7) is 13.8. The molecule has 0 saturated heterocycles. The molecule has 2 heterocycles. The lowest BCUT2D eigenvalue weighted by molar-refractivity contribution is 0.0952. The van der Waals surface area contributed by atoms with Crippen molar-refractivity contribution in [2.45, 2.75) is 64.0 Å². The van der Waals surface area contributed by atoms with Gasteiger partial charge in [-0.3, -0.25) is 9.59 Å². The van der Waals surface area contributed by atoms with E-state index >= 15 is 0 Å². The third-order valence-electron chi connectivity index (χ3n) is 6.60. The van der Waals surface area contributed by atoms with Gasteiger partial charge >= 0.3 is 0 Å². The summed E-state index contributed by atoms with van der Waals surface area (Å²) in [6, 6.07) is 15.6. The molecule has 1 N–H and O–H groups in total. The van der Waals surface area contributed by atoms with Crippen LogP contribution in [0.3, 0.4) is 0 Å². The summed E-state index contributed by atoms with van der Waals surface area (Å²) in [5.41, 5.74) is 4.55. The van der Waals surface area contributed by atoms with Crippen LogP contribution in [0.25, 0.3) is 10.9 Å². The Morgan fingerprint density at radius 1 is 1.11 bits per heavy atom.